The summed E-state index contributed by atoms with van der Waals surface area (Å²) in [5, 5.41) is 14.8. The van der Waals surface area contributed by atoms with Crippen molar-refractivity contribution in [1.29, 1.82) is 0 Å². The molecule has 0 unspecified atom stereocenters. The van der Waals surface area contributed by atoms with Crippen LogP contribution in [0.15, 0.2) is 41.9 Å². The van der Waals surface area contributed by atoms with E-state index < -0.39 is 0 Å². The van der Waals surface area contributed by atoms with Crippen LogP contribution in [0.25, 0.3) is 0 Å². The van der Waals surface area contributed by atoms with E-state index in [4.69, 9.17) is 4.74 Å². The molecule has 7 heteroatoms. The lowest BCUT2D eigenvalue weighted by Gasteiger charge is -2.11. The predicted octanol–water partition coefficient (Wildman–Crippen LogP) is 2.38. The van der Waals surface area contributed by atoms with Gasteiger partial charge in [0.1, 0.15) is 18.1 Å². The Morgan fingerprint density at radius 3 is 2.63 bits per heavy atom. The van der Waals surface area contributed by atoms with Crippen LogP contribution < -0.4 is 15.4 Å². The number of unbranched alkanes of at least 4 members (excludes halogenated alkanes) is 1. The Balaban J connectivity index is 1.76. The van der Waals surface area contributed by atoms with Crippen molar-refractivity contribution in [1.82, 2.24) is 25.4 Å². The molecular formula is C20H30N6O. The molecule has 0 fully saturated rings. The molecule has 146 valence electrons. The van der Waals surface area contributed by atoms with Crippen molar-refractivity contribution in [2.45, 2.75) is 32.7 Å². The van der Waals surface area contributed by atoms with Crippen LogP contribution in [-0.2, 0) is 20.0 Å². The van der Waals surface area contributed by atoms with E-state index in [0.29, 0.717) is 13.1 Å². The van der Waals surface area contributed by atoms with Gasteiger partial charge in [-0.2, -0.15) is 0 Å². The molecule has 1 aromatic carbocycles. The number of nitrogens with one attached hydrogen (secondary N) is 2. The molecule has 0 spiro atoms. The predicted molar refractivity (Wildman–Crippen MR) is 109 cm³/mol. The van der Waals surface area contributed by atoms with E-state index in [2.05, 4.69) is 44.5 Å². The second-order valence-corrected chi connectivity index (χ2v) is 6.29. The van der Waals surface area contributed by atoms with E-state index in [9.17, 15) is 0 Å². The molecule has 0 bridgehead atoms. The largest absolute Gasteiger partial charge is 0.497 e. The molecule has 0 saturated carbocycles. The highest BCUT2D eigenvalue weighted by Crippen LogP contribution is 2.12. The Morgan fingerprint density at radius 2 is 2.00 bits per heavy atom. The lowest BCUT2D eigenvalue weighted by Crippen LogP contribution is -2.38. The third kappa shape index (κ3) is 6.77. The number of ether oxygens (including phenoxy) is 1. The molecule has 0 amide bonds. The smallest absolute Gasteiger partial charge is 0.191 e. The summed E-state index contributed by atoms with van der Waals surface area (Å²) < 4.78 is 7.14. The van der Waals surface area contributed by atoms with Crippen LogP contribution in [0.3, 0.4) is 0 Å². The zero-order valence-electron chi connectivity index (χ0n) is 16.5. The first-order valence-corrected chi connectivity index (χ1v) is 9.25. The summed E-state index contributed by atoms with van der Waals surface area (Å²) in [5.41, 5.74) is 1.33. The molecule has 2 N–H and O–H groups in total. The first-order valence-electron chi connectivity index (χ1n) is 9.25. The monoisotopic (exact) mass is 370 g/mol. The van der Waals surface area contributed by atoms with Crippen molar-refractivity contribution >= 4 is 5.96 Å². The van der Waals surface area contributed by atoms with Gasteiger partial charge in [0.05, 0.1) is 7.11 Å². The number of methoxy groups -OCH3 is 1. The highest BCUT2D eigenvalue weighted by atomic mass is 16.5. The fourth-order valence-corrected chi connectivity index (χ4v) is 2.53. The summed E-state index contributed by atoms with van der Waals surface area (Å²) in [7, 11) is 3.63. The average molecular weight is 371 g/mol. The van der Waals surface area contributed by atoms with Crippen LogP contribution in [0.5, 0.6) is 5.75 Å². The summed E-state index contributed by atoms with van der Waals surface area (Å²) in [6.07, 6.45) is 5.03. The lowest BCUT2D eigenvalue weighted by molar-refractivity contribution is 0.414. The summed E-state index contributed by atoms with van der Waals surface area (Å²) in [6, 6.07) is 8.25. The van der Waals surface area contributed by atoms with E-state index in [1.165, 1.54) is 5.56 Å². The molecule has 2 aromatic rings. The zero-order valence-corrected chi connectivity index (χ0v) is 16.5. The number of benzene rings is 1. The van der Waals surface area contributed by atoms with Crippen LogP contribution >= 0.6 is 0 Å². The number of aliphatic imine (C=N–C) groups is 1. The minimum absolute atomic E-state index is 0.482. The van der Waals surface area contributed by atoms with Gasteiger partial charge in [0.15, 0.2) is 11.8 Å². The molecule has 0 aliphatic rings. The molecule has 2 rings (SSSR count). The van der Waals surface area contributed by atoms with Crippen LogP contribution in [0.4, 0.5) is 0 Å². The summed E-state index contributed by atoms with van der Waals surface area (Å²) in [5.74, 6) is 3.38. The average Bonchev–Trinajstić information content (AvgIpc) is 3.01. The Kier molecular flexibility index (Phi) is 8.35. The second kappa shape index (κ2) is 11.0. The molecule has 0 saturated heterocycles. The van der Waals surface area contributed by atoms with E-state index in [1.807, 2.05) is 36.7 Å². The van der Waals surface area contributed by atoms with E-state index in [0.717, 1.165) is 49.2 Å². The summed E-state index contributed by atoms with van der Waals surface area (Å²) in [6.45, 7) is 7.67. The molecule has 0 radical (unpaired) electrons. The number of hydrogen-bond donors (Lipinski definition) is 2. The minimum atomic E-state index is 0.482. The summed E-state index contributed by atoms with van der Waals surface area (Å²) >= 11 is 0. The Morgan fingerprint density at radius 1 is 1.22 bits per heavy atom. The highest BCUT2D eigenvalue weighted by Gasteiger charge is 2.05. The van der Waals surface area contributed by atoms with E-state index in [-0.39, 0.29) is 0 Å². The van der Waals surface area contributed by atoms with Gasteiger partial charge >= 0.3 is 0 Å². The first-order chi connectivity index (χ1) is 13.1. The number of guanidine groups is 1. The van der Waals surface area contributed by atoms with E-state index in [1.54, 1.807) is 7.11 Å². The molecule has 0 aliphatic heterocycles. The van der Waals surface area contributed by atoms with Gasteiger partial charge < -0.3 is 19.9 Å². The fraction of sp³-hybridized carbons (Fsp3) is 0.450. The Bertz CT molecular complexity index is 735. The molecule has 27 heavy (non-hydrogen) atoms. The van der Waals surface area contributed by atoms with Gasteiger partial charge in [-0.1, -0.05) is 18.2 Å². The molecule has 0 atom stereocenters. The number of rotatable bonds is 10. The maximum Gasteiger partial charge on any atom is 0.191 e. The van der Waals surface area contributed by atoms with Gasteiger partial charge in [-0.25, -0.2) is 4.99 Å². The van der Waals surface area contributed by atoms with Gasteiger partial charge in [-0.15, -0.1) is 16.8 Å². The quantitative estimate of drug-likeness (QED) is 0.291. The Hall–Kier alpha value is -2.83. The number of aryl methyl sites for hydroxylation is 2. The number of aromatic nitrogens is 3. The molecule has 1 heterocycles. The van der Waals surface area contributed by atoms with Gasteiger partial charge in [0.2, 0.25) is 0 Å². The van der Waals surface area contributed by atoms with Crippen LogP contribution in [0.2, 0.25) is 0 Å². The van der Waals surface area contributed by atoms with Crippen molar-refractivity contribution in [2.75, 3.05) is 20.2 Å². The van der Waals surface area contributed by atoms with Gasteiger partial charge in [-0.3, -0.25) is 0 Å². The third-order valence-electron chi connectivity index (χ3n) is 4.32. The van der Waals surface area contributed by atoms with Crippen molar-refractivity contribution in [2.24, 2.45) is 12.0 Å². The fourth-order valence-electron chi connectivity index (χ4n) is 2.53. The number of hydrogen-bond acceptors (Lipinski definition) is 4. The maximum absolute atomic E-state index is 5.19. The minimum Gasteiger partial charge on any atom is -0.497 e. The Labute approximate surface area is 161 Å². The van der Waals surface area contributed by atoms with Gasteiger partial charge in [-0.05, 0) is 43.9 Å². The normalized spacial score (nSPS) is 11.3. The van der Waals surface area contributed by atoms with Crippen LogP contribution in [-0.4, -0.2) is 40.9 Å². The maximum atomic E-state index is 5.19. The first kappa shape index (κ1) is 20.5. The topological polar surface area (TPSA) is 76.4 Å². The molecule has 0 aliphatic carbocycles. The zero-order chi connectivity index (χ0) is 19.5. The van der Waals surface area contributed by atoms with Crippen molar-refractivity contribution in [3.05, 3.63) is 54.1 Å². The van der Waals surface area contributed by atoms with Gasteiger partial charge in [0, 0.05) is 20.1 Å². The standard InChI is InChI=1S/C20H30N6O/c1-5-13-21-20(23-15-19-25-24-16(2)26(19)3)22-14-7-6-8-17-9-11-18(27-4)12-10-17/h5,9-12H,1,6-8,13-15H2,2-4H3,(H2,21,22,23). The molecule has 7 nitrogen and oxygen atoms in total. The summed E-state index contributed by atoms with van der Waals surface area (Å²) in [4.78, 5) is 4.59. The molecule has 1 aromatic heterocycles. The second-order valence-electron chi connectivity index (χ2n) is 6.29. The van der Waals surface area contributed by atoms with Crippen LogP contribution in [0.1, 0.15) is 30.1 Å². The lowest BCUT2D eigenvalue weighted by atomic mass is 10.1. The SMILES string of the molecule is C=CCNC(=NCc1nnc(C)n1C)NCCCCc1ccc(OC)cc1. The van der Waals surface area contributed by atoms with E-state index >= 15 is 0 Å². The number of nitrogens with zero attached hydrogens (tertiary/aromatic N) is 4. The van der Waals surface area contributed by atoms with Crippen molar-refractivity contribution in [3.63, 3.8) is 0 Å². The third-order valence-corrected chi connectivity index (χ3v) is 4.32. The van der Waals surface area contributed by atoms with Crippen molar-refractivity contribution < 1.29 is 4.74 Å². The van der Waals surface area contributed by atoms with Crippen molar-refractivity contribution in [3.8, 4) is 5.75 Å². The highest BCUT2D eigenvalue weighted by molar-refractivity contribution is 5.79. The van der Waals surface area contributed by atoms with Crippen LogP contribution in [0, 0.1) is 6.92 Å². The molecular weight excluding hydrogens is 340 g/mol. The van der Waals surface area contributed by atoms with Gasteiger partial charge in [0.25, 0.3) is 0 Å².